The van der Waals surface area contributed by atoms with Crippen LogP contribution in [-0.4, -0.2) is 25.4 Å². The van der Waals surface area contributed by atoms with Crippen LogP contribution in [0.3, 0.4) is 0 Å². The van der Waals surface area contributed by atoms with E-state index in [0.717, 1.165) is 48.3 Å². The summed E-state index contributed by atoms with van der Waals surface area (Å²) < 4.78 is 58.4. The van der Waals surface area contributed by atoms with Gasteiger partial charge in [-0.2, -0.15) is 8.75 Å². The molecular formula is C66H94F2N2O2S5Si2. The first-order valence-electron chi connectivity index (χ1n) is 31.1. The van der Waals surface area contributed by atoms with Crippen molar-refractivity contribution in [2.45, 2.75) is 246 Å². The fourth-order valence-electron chi connectivity index (χ4n) is 11.6. The third kappa shape index (κ3) is 17.5. The Hall–Kier alpha value is -3.05. The van der Waals surface area contributed by atoms with E-state index in [-0.39, 0.29) is 11.1 Å². The number of fused-ring (bicyclic) bond motifs is 1. The fraction of sp³-hybridized carbons (Fsp3) is 0.576. The molecule has 0 spiro atoms. The number of rotatable bonds is 39. The lowest BCUT2D eigenvalue weighted by atomic mass is 10.0. The summed E-state index contributed by atoms with van der Waals surface area (Å²) in [5.41, 5.74) is 3.55. The highest BCUT2D eigenvalue weighted by Crippen LogP contribution is 2.51. The summed E-state index contributed by atoms with van der Waals surface area (Å²) in [6.45, 7) is 18.2. The Bertz CT molecular complexity index is 2840. The average molecular weight is 1200 g/mol. The number of hydrogen-bond acceptors (Lipinski definition) is 9. The maximum atomic E-state index is 16.6. The number of aromatic nitrogens is 2. The summed E-state index contributed by atoms with van der Waals surface area (Å²) in [6, 6.07) is 29.0. The highest BCUT2D eigenvalue weighted by Gasteiger charge is 2.39. The van der Waals surface area contributed by atoms with E-state index >= 15 is 8.78 Å². The second-order valence-electron chi connectivity index (χ2n) is 22.8. The number of nitrogens with zero attached hydrogens (tertiary/aromatic N) is 2. The van der Waals surface area contributed by atoms with Crippen molar-refractivity contribution in [2.75, 3.05) is 0 Å². The molecule has 0 aliphatic heterocycles. The van der Waals surface area contributed by atoms with Crippen LogP contribution in [0.5, 0.6) is 11.5 Å². The van der Waals surface area contributed by atoms with Crippen LogP contribution in [0, 0.1) is 25.5 Å². The van der Waals surface area contributed by atoms with Crippen LogP contribution in [0.25, 0.3) is 62.6 Å². The molecule has 432 valence electrons. The molecule has 5 heterocycles. The molecule has 0 bridgehead atoms. The molecular weight excluding hydrogens is 1110 g/mol. The molecule has 0 saturated carbocycles. The van der Waals surface area contributed by atoms with Crippen LogP contribution in [0.15, 0.2) is 60.7 Å². The van der Waals surface area contributed by atoms with Crippen LogP contribution in [0.2, 0.25) is 36.3 Å². The van der Waals surface area contributed by atoms with E-state index in [0.29, 0.717) is 20.8 Å². The second-order valence-corrected chi connectivity index (χ2v) is 36.2. The van der Waals surface area contributed by atoms with E-state index in [1.807, 2.05) is 36.5 Å². The predicted octanol–water partition coefficient (Wildman–Crippen LogP) is 25.3. The second kappa shape index (κ2) is 32.7. The lowest BCUT2D eigenvalue weighted by Gasteiger charge is -2.36. The Labute approximate surface area is 498 Å². The monoisotopic (exact) mass is 1200 g/mol. The van der Waals surface area contributed by atoms with Crippen LogP contribution < -0.4 is 8.85 Å². The molecule has 0 amide bonds. The van der Waals surface area contributed by atoms with Crippen LogP contribution in [0.1, 0.15) is 205 Å². The van der Waals surface area contributed by atoms with Gasteiger partial charge in [0.15, 0.2) is 11.6 Å². The third-order valence-electron chi connectivity index (χ3n) is 16.2. The van der Waals surface area contributed by atoms with E-state index in [4.69, 9.17) is 8.85 Å². The molecule has 2 aromatic carbocycles. The zero-order chi connectivity index (χ0) is 56.0. The van der Waals surface area contributed by atoms with Gasteiger partial charge in [0.25, 0.3) is 16.6 Å². The minimum Gasteiger partial charge on any atom is -0.543 e. The number of unbranched alkanes of at least 4 members (excludes halogenated alkanes) is 18. The minimum absolute atomic E-state index is 0.188. The van der Waals surface area contributed by atoms with Crippen molar-refractivity contribution < 1.29 is 17.6 Å². The van der Waals surface area contributed by atoms with Gasteiger partial charge in [0.05, 0.1) is 22.9 Å². The molecule has 0 N–H and O–H groups in total. The first-order valence-corrected chi connectivity index (χ1v) is 40.1. The Morgan fingerprint density at radius 2 is 0.658 bits per heavy atom. The van der Waals surface area contributed by atoms with E-state index in [9.17, 15) is 0 Å². The van der Waals surface area contributed by atoms with Crippen LogP contribution in [-0.2, 0) is 0 Å². The van der Waals surface area contributed by atoms with E-state index < -0.39 is 28.3 Å². The van der Waals surface area contributed by atoms with E-state index in [1.165, 1.54) is 228 Å². The van der Waals surface area contributed by atoms with Gasteiger partial charge in [-0.05, 0) is 111 Å². The molecule has 0 atom stereocenters. The Morgan fingerprint density at radius 3 is 1.00 bits per heavy atom. The maximum absolute atomic E-state index is 16.6. The smallest absolute Gasteiger partial charge is 0.251 e. The van der Waals surface area contributed by atoms with Gasteiger partial charge >= 0.3 is 0 Å². The molecule has 0 unspecified atom stereocenters. The van der Waals surface area contributed by atoms with Gasteiger partial charge in [0.2, 0.25) is 0 Å². The van der Waals surface area contributed by atoms with Crippen molar-refractivity contribution in [1.29, 1.82) is 0 Å². The molecule has 0 saturated heterocycles. The standard InChI is InChI=1S/C66H94F2N2O2S5Si2/c1-9-15-21-27-41-78(42-28-22-16-10-2,43-29-23-17-11-3)71-53-48-52(54(47-51(53)55-35-33-49(7)73-55)72-79(44-30-24-18-12-4,45-31-25-19-13-5)46-32-26-20-14-6)56-37-38-57(75-56)58-39-40-60(76-58)62-64(68)63(67)61(59-36-34-50(8)74-59)65-66(62)70-77-69-65/h33-40,47-48H,9-32,41-46H2,1-8H3. The molecule has 79 heavy (non-hydrogen) atoms. The number of halogens is 2. The van der Waals surface area contributed by atoms with Gasteiger partial charge in [0.1, 0.15) is 22.5 Å². The highest BCUT2D eigenvalue weighted by atomic mass is 32.1. The topological polar surface area (TPSA) is 44.2 Å². The zero-order valence-corrected chi connectivity index (χ0v) is 55.6. The normalized spacial score (nSPS) is 12.2. The maximum Gasteiger partial charge on any atom is 0.251 e. The summed E-state index contributed by atoms with van der Waals surface area (Å²) in [4.78, 5) is 8.16. The van der Waals surface area contributed by atoms with Gasteiger partial charge in [-0.25, -0.2) is 8.78 Å². The number of hydrogen-bond donors (Lipinski definition) is 0. The quantitative estimate of drug-likeness (QED) is 0.0285. The van der Waals surface area contributed by atoms with Crippen molar-refractivity contribution in [1.82, 2.24) is 8.75 Å². The van der Waals surface area contributed by atoms with Crippen LogP contribution >= 0.6 is 57.1 Å². The molecule has 7 rings (SSSR count). The van der Waals surface area contributed by atoms with E-state index in [2.05, 4.69) is 99.7 Å². The fourth-order valence-corrected chi connectivity index (χ4v) is 24.9. The molecule has 7 aromatic rings. The first-order chi connectivity index (χ1) is 38.5. The third-order valence-corrected chi connectivity index (χ3v) is 30.1. The minimum atomic E-state index is -2.35. The Morgan fingerprint density at radius 1 is 0.367 bits per heavy atom. The number of thiophene rings is 4. The van der Waals surface area contributed by atoms with Crippen molar-refractivity contribution in [2.24, 2.45) is 0 Å². The lowest BCUT2D eigenvalue weighted by molar-refractivity contribution is 0.494. The van der Waals surface area contributed by atoms with Gasteiger partial charge in [-0.3, -0.25) is 0 Å². The SMILES string of the molecule is CCCCCC[Si](CCCCCC)(CCCCCC)Oc1cc(-c2ccc(-c3ccc(-c4c(F)c(F)c(-c5ccc(C)s5)c5nsnc45)s3)s2)c(O[Si](CCCCCC)(CCCCCC)CCCCCC)cc1-c1ccc(C)s1. The molecule has 0 aliphatic rings. The van der Waals surface area contributed by atoms with Gasteiger partial charge in [-0.15, -0.1) is 45.3 Å². The predicted molar refractivity (Wildman–Crippen MR) is 352 cm³/mol. The van der Waals surface area contributed by atoms with Crippen molar-refractivity contribution >= 4 is 84.7 Å². The zero-order valence-electron chi connectivity index (χ0n) is 49.5. The molecule has 0 aliphatic carbocycles. The summed E-state index contributed by atoms with van der Waals surface area (Å²) in [5.74, 6) is 0.336. The molecule has 5 aromatic heterocycles. The molecule has 4 nitrogen and oxygen atoms in total. The summed E-state index contributed by atoms with van der Waals surface area (Å²) >= 11 is 7.61. The highest BCUT2D eigenvalue weighted by molar-refractivity contribution is 7.25. The van der Waals surface area contributed by atoms with Crippen molar-refractivity contribution in [3.05, 3.63) is 82.1 Å². The Kier molecular flexibility index (Phi) is 26.3. The molecule has 13 heteroatoms. The summed E-state index contributed by atoms with van der Waals surface area (Å²) in [5, 5.41) is 0. The van der Waals surface area contributed by atoms with Gasteiger partial charge in [-0.1, -0.05) is 196 Å². The lowest BCUT2D eigenvalue weighted by Crippen LogP contribution is -2.42. The van der Waals surface area contributed by atoms with Crippen LogP contribution in [0.4, 0.5) is 8.78 Å². The summed E-state index contributed by atoms with van der Waals surface area (Å²) in [7, 11) is -4.67. The first kappa shape index (κ1) is 63.5. The number of benzene rings is 2. The van der Waals surface area contributed by atoms with Gasteiger partial charge < -0.3 is 8.85 Å². The van der Waals surface area contributed by atoms with Crippen molar-refractivity contribution in [3.63, 3.8) is 0 Å². The van der Waals surface area contributed by atoms with Crippen molar-refractivity contribution in [3.8, 4) is 63.0 Å². The molecule has 0 radical (unpaired) electrons. The van der Waals surface area contributed by atoms with E-state index in [1.54, 1.807) is 11.3 Å². The Balaban J connectivity index is 1.40. The average Bonchev–Trinajstić information content (AvgIpc) is 4.49. The molecule has 0 fully saturated rings. The van der Waals surface area contributed by atoms with Gasteiger partial charge in [0, 0.05) is 50.1 Å². The summed E-state index contributed by atoms with van der Waals surface area (Å²) in [6.07, 6.45) is 30.0. The largest absolute Gasteiger partial charge is 0.543 e. The number of aryl methyl sites for hydroxylation is 2.